The molecule has 2 unspecified atom stereocenters. The SMILES string of the molecule is Cc1nc(CNC2CCCC(C(=O)O)C2)sc1C. The third-order valence-corrected chi connectivity index (χ3v) is 4.71. The quantitative estimate of drug-likeness (QED) is 0.880. The van der Waals surface area contributed by atoms with Gasteiger partial charge in [0.1, 0.15) is 5.01 Å². The van der Waals surface area contributed by atoms with E-state index in [0.717, 1.165) is 42.9 Å². The zero-order chi connectivity index (χ0) is 13.1. The van der Waals surface area contributed by atoms with Gasteiger partial charge in [-0.15, -0.1) is 11.3 Å². The molecule has 100 valence electrons. The van der Waals surface area contributed by atoms with Crippen molar-refractivity contribution in [2.75, 3.05) is 0 Å². The molecular weight excluding hydrogens is 248 g/mol. The molecule has 0 radical (unpaired) electrons. The van der Waals surface area contributed by atoms with E-state index in [1.54, 1.807) is 11.3 Å². The second kappa shape index (κ2) is 5.80. The van der Waals surface area contributed by atoms with Crippen molar-refractivity contribution < 1.29 is 9.90 Å². The van der Waals surface area contributed by atoms with Crippen LogP contribution >= 0.6 is 11.3 Å². The van der Waals surface area contributed by atoms with Gasteiger partial charge in [-0.25, -0.2) is 4.98 Å². The zero-order valence-corrected chi connectivity index (χ0v) is 11.7. The Balaban J connectivity index is 1.84. The first kappa shape index (κ1) is 13.5. The normalized spacial score (nSPS) is 24.1. The molecule has 1 saturated carbocycles. The fourth-order valence-electron chi connectivity index (χ4n) is 2.45. The van der Waals surface area contributed by atoms with Crippen LogP contribution in [0.1, 0.15) is 41.3 Å². The molecular formula is C13H20N2O2S. The van der Waals surface area contributed by atoms with Gasteiger partial charge in [-0.05, 0) is 33.1 Å². The summed E-state index contributed by atoms with van der Waals surface area (Å²) in [5.41, 5.74) is 1.10. The number of carboxylic acid groups (broad SMARTS) is 1. The first-order valence-electron chi connectivity index (χ1n) is 6.45. The maximum absolute atomic E-state index is 11.0. The molecule has 1 aromatic heterocycles. The smallest absolute Gasteiger partial charge is 0.306 e. The second-order valence-corrected chi connectivity index (χ2v) is 6.32. The molecule has 0 bridgehead atoms. The Hall–Kier alpha value is -0.940. The van der Waals surface area contributed by atoms with Gasteiger partial charge >= 0.3 is 5.97 Å². The van der Waals surface area contributed by atoms with Crippen LogP contribution < -0.4 is 5.32 Å². The van der Waals surface area contributed by atoms with Gasteiger partial charge in [0.25, 0.3) is 0 Å². The molecule has 0 aromatic carbocycles. The standard InChI is InChI=1S/C13H20N2O2S/c1-8-9(2)18-12(15-8)7-14-11-5-3-4-10(6-11)13(16)17/h10-11,14H,3-7H2,1-2H3,(H,16,17). The van der Waals surface area contributed by atoms with Crippen molar-refractivity contribution in [1.82, 2.24) is 10.3 Å². The van der Waals surface area contributed by atoms with Crippen molar-refractivity contribution in [3.8, 4) is 0 Å². The Labute approximate surface area is 111 Å². The highest BCUT2D eigenvalue weighted by molar-refractivity contribution is 7.11. The first-order valence-corrected chi connectivity index (χ1v) is 7.27. The Bertz CT molecular complexity index is 411. The number of carboxylic acids is 1. The number of nitrogens with one attached hydrogen (secondary N) is 1. The van der Waals surface area contributed by atoms with Crippen LogP contribution in [0, 0.1) is 19.8 Å². The van der Waals surface area contributed by atoms with E-state index in [0.29, 0.717) is 6.04 Å². The van der Waals surface area contributed by atoms with Crippen molar-refractivity contribution in [2.24, 2.45) is 5.92 Å². The van der Waals surface area contributed by atoms with E-state index >= 15 is 0 Å². The lowest BCUT2D eigenvalue weighted by Crippen LogP contribution is -2.36. The first-order chi connectivity index (χ1) is 8.56. The molecule has 0 spiro atoms. The topological polar surface area (TPSA) is 62.2 Å². The summed E-state index contributed by atoms with van der Waals surface area (Å²) in [6, 6.07) is 0.323. The third kappa shape index (κ3) is 3.29. The van der Waals surface area contributed by atoms with Crippen LogP contribution in [0.25, 0.3) is 0 Å². The molecule has 0 amide bonds. The molecule has 0 aliphatic heterocycles. The van der Waals surface area contributed by atoms with Crippen LogP contribution in [0.15, 0.2) is 0 Å². The Morgan fingerprint density at radius 3 is 2.89 bits per heavy atom. The summed E-state index contributed by atoms with van der Waals surface area (Å²) >= 11 is 1.72. The Kier molecular flexibility index (Phi) is 4.35. The molecule has 18 heavy (non-hydrogen) atoms. The van der Waals surface area contributed by atoms with Crippen molar-refractivity contribution in [3.63, 3.8) is 0 Å². The molecule has 2 atom stereocenters. The number of carbonyl (C=O) groups is 1. The van der Waals surface area contributed by atoms with Crippen molar-refractivity contribution >= 4 is 17.3 Å². The predicted molar refractivity (Wildman–Crippen MR) is 71.8 cm³/mol. The molecule has 1 aliphatic rings. The van der Waals surface area contributed by atoms with Gasteiger partial charge in [0, 0.05) is 17.5 Å². The largest absolute Gasteiger partial charge is 0.481 e. The van der Waals surface area contributed by atoms with E-state index in [9.17, 15) is 4.79 Å². The second-order valence-electron chi connectivity index (χ2n) is 5.03. The minimum absolute atomic E-state index is 0.170. The van der Waals surface area contributed by atoms with E-state index in [1.165, 1.54) is 4.88 Å². The van der Waals surface area contributed by atoms with Crippen LogP contribution in [0.3, 0.4) is 0 Å². The molecule has 4 nitrogen and oxygen atoms in total. The number of rotatable bonds is 4. The number of aromatic nitrogens is 1. The monoisotopic (exact) mass is 268 g/mol. The van der Waals surface area contributed by atoms with Crippen LogP contribution in [-0.2, 0) is 11.3 Å². The van der Waals surface area contributed by atoms with Gasteiger partial charge in [0.05, 0.1) is 11.6 Å². The van der Waals surface area contributed by atoms with E-state index in [-0.39, 0.29) is 5.92 Å². The van der Waals surface area contributed by atoms with Crippen molar-refractivity contribution in [3.05, 3.63) is 15.6 Å². The lowest BCUT2D eigenvalue weighted by Gasteiger charge is -2.27. The lowest BCUT2D eigenvalue weighted by molar-refractivity contribution is -0.143. The Morgan fingerprint density at radius 2 is 2.28 bits per heavy atom. The fourth-order valence-corrected chi connectivity index (χ4v) is 3.33. The highest BCUT2D eigenvalue weighted by Gasteiger charge is 2.26. The van der Waals surface area contributed by atoms with Crippen molar-refractivity contribution in [2.45, 2.75) is 52.1 Å². The van der Waals surface area contributed by atoms with E-state index in [4.69, 9.17) is 5.11 Å². The molecule has 2 rings (SSSR count). The van der Waals surface area contributed by atoms with Gasteiger partial charge in [-0.3, -0.25) is 4.79 Å². The van der Waals surface area contributed by atoms with Crippen molar-refractivity contribution in [1.29, 1.82) is 0 Å². The molecule has 1 fully saturated rings. The molecule has 5 heteroatoms. The molecule has 1 aromatic rings. The van der Waals surface area contributed by atoms with E-state index < -0.39 is 5.97 Å². The predicted octanol–water partition coefficient (Wildman–Crippen LogP) is 2.49. The average Bonchev–Trinajstić information content (AvgIpc) is 2.67. The molecule has 1 aliphatic carbocycles. The van der Waals surface area contributed by atoms with Gasteiger partial charge in [0.2, 0.25) is 0 Å². The third-order valence-electron chi connectivity index (χ3n) is 3.64. The van der Waals surface area contributed by atoms with Crippen LogP contribution in [0.5, 0.6) is 0 Å². The van der Waals surface area contributed by atoms with Gasteiger partial charge in [-0.2, -0.15) is 0 Å². The van der Waals surface area contributed by atoms with Gasteiger partial charge in [0.15, 0.2) is 0 Å². The number of hydrogen-bond donors (Lipinski definition) is 2. The maximum Gasteiger partial charge on any atom is 0.306 e. The van der Waals surface area contributed by atoms with E-state index in [1.807, 2.05) is 6.92 Å². The minimum atomic E-state index is -0.651. The van der Waals surface area contributed by atoms with Crippen LogP contribution in [0.4, 0.5) is 0 Å². The summed E-state index contributed by atoms with van der Waals surface area (Å²) in [4.78, 5) is 16.7. The number of thiazole rings is 1. The summed E-state index contributed by atoms with van der Waals surface area (Å²) < 4.78 is 0. The zero-order valence-electron chi connectivity index (χ0n) is 10.9. The average molecular weight is 268 g/mol. The van der Waals surface area contributed by atoms with Gasteiger partial charge in [-0.1, -0.05) is 6.42 Å². The molecule has 1 heterocycles. The van der Waals surface area contributed by atoms with Crippen LogP contribution in [0.2, 0.25) is 0 Å². The number of aryl methyl sites for hydroxylation is 2. The van der Waals surface area contributed by atoms with Gasteiger partial charge < -0.3 is 10.4 Å². The molecule has 0 saturated heterocycles. The number of aliphatic carboxylic acids is 1. The Morgan fingerprint density at radius 1 is 1.50 bits per heavy atom. The summed E-state index contributed by atoms with van der Waals surface area (Å²) in [5, 5.41) is 13.6. The summed E-state index contributed by atoms with van der Waals surface area (Å²) in [5.74, 6) is -0.821. The maximum atomic E-state index is 11.0. The molecule has 2 N–H and O–H groups in total. The minimum Gasteiger partial charge on any atom is -0.481 e. The lowest BCUT2D eigenvalue weighted by atomic mass is 9.86. The summed E-state index contributed by atoms with van der Waals surface area (Å²) in [6.07, 6.45) is 3.65. The number of hydrogen-bond acceptors (Lipinski definition) is 4. The highest BCUT2D eigenvalue weighted by Crippen LogP contribution is 2.25. The number of nitrogens with zero attached hydrogens (tertiary/aromatic N) is 1. The van der Waals surface area contributed by atoms with Crippen LogP contribution in [-0.4, -0.2) is 22.1 Å². The summed E-state index contributed by atoms with van der Waals surface area (Å²) in [7, 11) is 0. The highest BCUT2D eigenvalue weighted by atomic mass is 32.1. The summed E-state index contributed by atoms with van der Waals surface area (Å²) in [6.45, 7) is 4.87. The fraction of sp³-hybridized carbons (Fsp3) is 0.692. The van der Waals surface area contributed by atoms with E-state index in [2.05, 4.69) is 17.2 Å².